The first-order chi connectivity index (χ1) is 11.5. The molecule has 1 amide bonds. The number of hydrogen-bond acceptors (Lipinski definition) is 4. The van der Waals surface area contributed by atoms with Gasteiger partial charge in [0.2, 0.25) is 11.7 Å². The molecule has 0 aliphatic rings. The van der Waals surface area contributed by atoms with E-state index in [4.69, 9.17) is 23.2 Å². The number of nitrogens with zero attached hydrogens (tertiary/aromatic N) is 4. The van der Waals surface area contributed by atoms with Crippen molar-refractivity contribution in [1.29, 1.82) is 0 Å². The Bertz CT molecular complexity index is 894. The van der Waals surface area contributed by atoms with Gasteiger partial charge in [0.05, 0.1) is 10.7 Å². The SMILES string of the molecule is Cc1ccccc1-c1nnn(CC(=O)Nc2ccc(Cl)cc2Cl)n1. The van der Waals surface area contributed by atoms with Gasteiger partial charge in [-0.1, -0.05) is 47.5 Å². The van der Waals surface area contributed by atoms with E-state index in [1.54, 1.807) is 18.2 Å². The van der Waals surface area contributed by atoms with Crippen LogP contribution in [0.1, 0.15) is 5.56 Å². The van der Waals surface area contributed by atoms with Crippen LogP contribution in [0.3, 0.4) is 0 Å². The van der Waals surface area contributed by atoms with Crippen molar-refractivity contribution in [2.75, 3.05) is 5.32 Å². The molecule has 3 rings (SSSR count). The van der Waals surface area contributed by atoms with E-state index in [0.29, 0.717) is 21.6 Å². The van der Waals surface area contributed by atoms with Gasteiger partial charge in [-0.15, -0.1) is 10.2 Å². The van der Waals surface area contributed by atoms with Crippen LogP contribution in [0.15, 0.2) is 42.5 Å². The summed E-state index contributed by atoms with van der Waals surface area (Å²) in [5.74, 6) is 0.165. The lowest BCUT2D eigenvalue weighted by atomic mass is 10.1. The minimum atomic E-state index is -0.312. The summed E-state index contributed by atoms with van der Waals surface area (Å²) in [6.07, 6.45) is 0. The topological polar surface area (TPSA) is 72.7 Å². The molecule has 1 aromatic heterocycles. The molecule has 0 radical (unpaired) electrons. The molecular weight excluding hydrogens is 349 g/mol. The molecule has 0 atom stereocenters. The molecule has 0 unspecified atom stereocenters. The Morgan fingerprint density at radius 2 is 2.00 bits per heavy atom. The number of nitrogens with one attached hydrogen (secondary N) is 1. The Balaban J connectivity index is 1.70. The van der Waals surface area contributed by atoms with Gasteiger partial charge < -0.3 is 5.32 Å². The van der Waals surface area contributed by atoms with E-state index in [2.05, 4.69) is 20.7 Å². The fraction of sp³-hybridized carbons (Fsp3) is 0.125. The number of anilines is 1. The van der Waals surface area contributed by atoms with Gasteiger partial charge in [0, 0.05) is 10.6 Å². The quantitative estimate of drug-likeness (QED) is 0.770. The van der Waals surface area contributed by atoms with Crippen LogP contribution in [0, 0.1) is 6.92 Å². The second-order valence-corrected chi connectivity index (χ2v) is 5.97. The maximum Gasteiger partial charge on any atom is 0.248 e. The van der Waals surface area contributed by atoms with Crippen LogP contribution in [-0.4, -0.2) is 26.1 Å². The number of tetrazole rings is 1. The average molecular weight is 362 g/mol. The van der Waals surface area contributed by atoms with Gasteiger partial charge in [-0.25, -0.2) is 0 Å². The molecule has 0 aliphatic heterocycles. The molecule has 0 saturated heterocycles. The minimum absolute atomic E-state index is 0.0716. The molecule has 8 heteroatoms. The zero-order chi connectivity index (χ0) is 17.1. The standard InChI is InChI=1S/C16H13Cl2N5O/c1-10-4-2-3-5-12(10)16-20-22-23(21-16)9-15(24)19-14-7-6-11(17)8-13(14)18/h2-8H,9H2,1H3,(H,19,24). The van der Waals surface area contributed by atoms with Crippen molar-refractivity contribution in [3.05, 3.63) is 58.1 Å². The van der Waals surface area contributed by atoms with Crippen molar-refractivity contribution >= 4 is 34.8 Å². The normalized spacial score (nSPS) is 10.6. The van der Waals surface area contributed by atoms with E-state index in [-0.39, 0.29) is 12.5 Å². The van der Waals surface area contributed by atoms with Crippen LogP contribution in [0.4, 0.5) is 5.69 Å². The molecule has 0 fully saturated rings. The number of rotatable bonds is 4. The van der Waals surface area contributed by atoms with Gasteiger partial charge in [0.15, 0.2) is 0 Å². The van der Waals surface area contributed by atoms with E-state index >= 15 is 0 Å². The summed E-state index contributed by atoms with van der Waals surface area (Å²) in [4.78, 5) is 13.3. The fourth-order valence-electron chi connectivity index (χ4n) is 2.15. The molecule has 0 saturated carbocycles. The summed E-state index contributed by atoms with van der Waals surface area (Å²) in [7, 11) is 0. The Kier molecular flexibility index (Phi) is 4.78. The molecule has 2 aromatic carbocycles. The number of aryl methyl sites for hydroxylation is 1. The maximum atomic E-state index is 12.1. The van der Waals surface area contributed by atoms with E-state index in [1.165, 1.54) is 4.80 Å². The molecule has 0 aliphatic carbocycles. The van der Waals surface area contributed by atoms with E-state index in [9.17, 15) is 4.79 Å². The number of halogens is 2. The predicted octanol–water partition coefficient (Wildman–Crippen LogP) is 3.59. The van der Waals surface area contributed by atoms with Crippen LogP contribution in [0.25, 0.3) is 11.4 Å². The fourth-order valence-corrected chi connectivity index (χ4v) is 2.61. The van der Waals surface area contributed by atoms with Crippen molar-refractivity contribution in [2.24, 2.45) is 0 Å². The van der Waals surface area contributed by atoms with Gasteiger partial charge in [-0.2, -0.15) is 4.80 Å². The number of carbonyl (C=O) groups excluding carboxylic acids is 1. The van der Waals surface area contributed by atoms with Gasteiger partial charge in [0.25, 0.3) is 0 Å². The predicted molar refractivity (Wildman–Crippen MR) is 93.1 cm³/mol. The maximum absolute atomic E-state index is 12.1. The Morgan fingerprint density at radius 1 is 1.21 bits per heavy atom. The molecule has 0 spiro atoms. The van der Waals surface area contributed by atoms with Gasteiger partial charge in [-0.05, 0) is 35.9 Å². The zero-order valence-corrected chi connectivity index (χ0v) is 14.2. The van der Waals surface area contributed by atoms with Crippen molar-refractivity contribution in [1.82, 2.24) is 20.2 Å². The van der Waals surface area contributed by atoms with Crippen molar-refractivity contribution in [3.8, 4) is 11.4 Å². The molecule has 6 nitrogen and oxygen atoms in total. The first-order valence-corrected chi connectivity index (χ1v) is 7.87. The number of amides is 1. The van der Waals surface area contributed by atoms with Crippen LogP contribution in [0.2, 0.25) is 10.0 Å². The average Bonchev–Trinajstić information content (AvgIpc) is 2.99. The third-order valence-electron chi connectivity index (χ3n) is 3.33. The Hall–Kier alpha value is -2.44. The third kappa shape index (κ3) is 3.72. The summed E-state index contributed by atoms with van der Waals surface area (Å²) < 4.78 is 0. The van der Waals surface area contributed by atoms with Crippen LogP contribution in [-0.2, 0) is 11.3 Å². The second kappa shape index (κ2) is 6.98. The number of benzene rings is 2. The first-order valence-electron chi connectivity index (χ1n) is 7.11. The Labute approximate surface area is 148 Å². The lowest BCUT2D eigenvalue weighted by Gasteiger charge is -2.06. The highest BCUT2D eigenvalue weighted by Crippen LogP contribution is 2.25. The smallest absolute Gasteiger partial charge is 0.248 e. The third-order valence-corrected chi connectivity index (χ3v) is 3.88. The molecule has 1 heterocycles. The first kappa shape index (κ1) is 16.4. The van der Waals surface area contributed by atoms with Crippen LogP contribution < -0.4 is 5.32 Å². The van der Waals surface area contributed by atoms with E-state index < -0.39 is 0 Å². The van der Waals surface area contributed by atoms with Crippen molar-refractivity contribution in [2.45, 2.75) is 13.5 Å². The second-order valence-electron chi connectivity index (χ2n) is 5.13. The summed E-state index contributed by atoms with van der Waals surface area (Å²) >= 11 is 11.9. The van der Waals surface area contributed by atoms with E-state index in [0.717, 1.165) is 11.1 Å². The molecule has 0 bridgehead atoms. The largest absolute Gasteiger partial charge is 0.323 e. The van der Waals surface area contributed by atoms with Gasteiger partial charge in [0.1, 0.15) is 6.54 Å². The highest BCUT2D eigenvalue weighted by Gasteiger charge is 2.12. The molecule has 24 heavy (non-hydrogen) atoms. The van der Waals surface area contributed by atoms with E-state index in [1.807, 2.05) is 31.2 Å². The minimum Gasteiger partial charge on any atom is -0.323 e. The van der Waals surface area contributed by atoms with Crippen molar-refractivity contribution < 1.29 is 4.79 Å². The highest BCUT2D eigenvalue weighted by atomic mass is 35.5. The summed E-state index contributed by atoms with van der Waals surface area (Å²) in [6, 6.07) is 12.5. The molecule has 1 N–H and O–H groups in total. The van der Waals surface area contributed by atoms with Crippen molar-refractivity contribution in [3.63, 3.8) is 0 Å². The molecular formula is C16H13Cl2N5O. The van der Waals surface area contributed by atoms with Crippen LogP contribution in [0.5, 0.6) is 0 Å². The monoisotopic (exact) mass is 361 g/mol. The van der Waals surface area contributed by atoms with Crippen LogP contribution >= 0.6 is 23.2 Å². The summed E-state index contributed by atoms with van der Waals surface area (Å²) in [5, 5.41) is 15.7. The summed E-state index contributed by atoms with van der Waals surface area (Å²) in [6.45, 7) is 1.89. The summed E-state index contributed by atoms with van der Waals surface area (Å²) in [5.41, 5.74) is 2.39. The molecule has 122 valence electrons. The Morgan fingerprint density at radius 3 is 2.75 bits per heavy atom. The number of carbonyl (C=O) groups is 1. The van der Waals surface area contributed by atoms with Gasteiger partial charge >= 0.3 is 0 Å². The lowest BCUT2D eigenvalue weighted by Crippen LogP contribution is -2.20. The number of hydrogen-bond donors (Lipinski definition) is 1. The number of aromatic nitrogens is 4. The lowest BCUT2D eigenvalue weighted by molar-refractivity contribution is -0.117. The van der Waals surface area contributed by atoms with Gasteiger partial charge in [-0.3, -0.25) is 4.79 Å². The molecule has 3 aromatic rings. The highest BCUT2D eigenvalue weighted by molar-refractivity contribution is 6.36. The zero-order valence-electron chi connectivity index (χ0n) is 12.7.